The zero-order chi connectivity index (χ0) is 15.5. The summed E-state index contributed by atoms with van der Waals surface area (Å²) in [5.74, 6) is 0. The molecule has 1 aromatic heterocycles. The third kappa shape index (κ3) is 3.43. The molecule has 110 valence electrons. The lowest BCUT2D eigenvalue weighted by atomic mass is 9.86. The summed E-state index contributed by atoms with van der Waals surface area (Å²) < 4.78 is 2.15. The summed E-state index contributed by atoms with van der Waals surface area (Å²) in [6.07, 6.45) is 3.75. The van der Waals surface area contributed by atoms with E-state index in [0.29, 0.717) is 6.04 Å². The highest BCUT2D eigenvalue weighted by Gasteiger charge is 2.19. The molecule has 0 unspecified atom stereocenters. The van der Waals surface area contributed by atoms with Crippen LogP contribution in [0.2, 0.25) is 0 Å². The molecule has 0 bridgehead atoms. The van der Waals surface area contributed by atoms with Crippen molar-refractivity contribution in [1.29, 1.82) is 5.26 Å². The first kappa shape index (κ1) is 15.1. The van der Waals surface area contributed by atoms with E-state index >= 15 is 0 Å². The van der Waals surface area contributed by atoms with Crippen molar-refractivity contribution in [2.75, 3.05) is 5.32 Å². The first-order chi connectivity index (χ1) is 9.94. The van der Waals surface area contributed by atoms with Crippen LogP contribution in [0.5, 0.6) is 0 Å². The molecule has 2 aromatic rings. The Balaban J connectivity index is 2.05. The molecule has 0 amide bonds. The van der Waals surface area contributed by atoms with Crippen LogP contribution in [-0.2, 0) is 12.0 Å². The molecule has 0 atom stereocenters. The predicted octanol–water partition coefficient (Wildman–Crippen LogP) is 3.88. The molecule has 21 heavy (non-hydrogen) atoms. The molecule has 0 aliphatic rings. The lowest BCUT2D eigenvalue weighted by molar-refractivity contribution is 0.577. The second-order valence-corrected chi connectivity index (χ2v) is 6.05. The van der Waals surface area contributed by atoms with Gasteiger partial charge < -0.3 is 9.88 Å². The second-order valence-electron chi connectivity index (χ2n) is 6.05. The normalized spacial score (nSPS) is 11.4. The van der Waals surface area contributed by atoms with Crippen LogP contribution in [0, 0.1) is 11.3 Å². The smallest absolute Gasteiger partial charge is 0.0951 e. The minimum Gasteiger partial charge on any atom is -0.379 e. The zero-order valence-electron chi connectivity index (χ0n) is 13.1. The lowest BCUT2D eigenvalue weighted by Crippen LogP contribution is -2.13. The number of imidazole rings is 1. The predicted molar refractivity (Wildman–Crippen MR) is 85.0 cm³/mol. The van der Waals surface area contributed by atoms with E-state index in [4.69, 9.17) is 5.26 Å². The highest BCUT2D eigenvalue weighted by atomic mass is 15.1. The SMILES string of the molecule is CC(C)n1cncc1CNc1ccc(C(C)(C)C#N)cc1. The Morgan fingerprint density at radius 1 is 1.29 bits per heavy atom. The number of benzene rings is 1. The van der Waals surface area contributed by atoms with Crippen molar-refractivity contribution in [3.05, 3.63) is 48.0 Å². The molecule has 4 nitrogen and oxygen atoms in total. The van der Waals surface area contributed by atoms with E-state index in [1.165, 1.54) is 0 Å². The molecule has 0 saturated carbocycles. The van der Waals surface area contributed by atoms with E-state index in [2.05, 4.69) is 34.8 Å². The average molecular weight is 282 g/mol. The van der Waals surface area contributed by atoms with E-state index in [-0.39, 0.29) is 0 Å². The summed E-state index contributed by atoms with van der Waals surface area (Å²) in [5, 5.41) is 12.5. The molecule has 1 N–H and O–H groups in total. The Labute approximate surface area is 126 Å². The van der Waals surface area contributed by atoms with Crippen molar-refractivity contribution >= 4 is 5.69 Å². The topological polar surface area (TPSA) is 53.6 Å². The number of nitriles is 1. The van der Waals surface area contributed by atoms with Crippen molar-refractivity contribution in [1.82, 2.24) is 9.55 Å². The van der Waals surface area contributed by atoms with E-state index in [9.17, 15) is 0 Å². The molecule has 0 fully saturated rings. The van der Waals surface area contributed by atoms with Crippen molar-refractivity contribution in [2.45, 2.75) is 45.7 Å². The van der Waals surface area contributed by atoms with Crippen LogP contribution in [0.15, 0.2) is 36.8 Å². The maximum absolute atomic E-state index is 9.15. The molecular formula is C17H22N4. The van der Waals surface area contributed by atoms with Crippen LogP contribution < -0.4 is 5.32 Å². The first-order valence-corrected chi connectivity index (χ1v) is 7.20. The molecule has 2 rings (SSSR count). The number of nitrogens with one attached hydrogen (secondary N) is 1. The Morgan fingerprint density at radius 2 is 1.95 bits per heavy atom. The summed E-state index contributed by atoms with van der Waals surface area (Å²) in [4.78, 5) is 4.20. The van der Waals surface area contributed by atoms with Crippen LogP contribution in [-0.4, -0.2) is 9.55 Å². The van der Waals surface area contributed by atoms with Gasteiger partial charge in [0.25, 0.3) is 0 Å². The highest BCUT2D eigenvalue weighted by Crippen LogP contribution is 2.23. The van der Waals surface area contributed by atoms with Gasteiger partial charge in [0.2, 0.25) is 0 Å². The van der Waals surface area contributed by atoms with E-state index in [0.717, 1.165) is 23.5 Å². The fourth-order valence-electron chi connectivity index (χ4n) is 2.20. The van der Waals surface area contributed by atoms with Crippen LogP contribution >= 0.6 is 0 Å². The highest BCUT2D eigenvalue weighted by molar-refractivity contribution is 5.47. The molecular weight excluding hydrogens is 260 g/mol. The van der Waals surface area contributed by atoms with Crippen LogP contribution in [0.1, 0.15) is 45.0 Å². The van der Waals surface area contributed by atoms with E-state index < -0.39 is 5.41 Å². The number of nitrogens with zero attached hydrogens (tertiary/aromatic N) is 3. The summed E-state index contributed by atoms with van der Waals surface area (Å²) in [6, 6.07) is 10.8. The van der Waals surface area contributed by atoms with Crippen LogP contribution in [0.4, 0.5) is 5.69 Å². The summed E-state index contributed by atoms with van der Waals surface area (Å²) in [6.45, 7) is 8.88. The van der Waals surface area contributed by atoms with Gasteiger partial charge in [0.05, 0.1) is 30.1 Å². The standard InChI is InChI=1S/C17H22N4/c1-13(2)21-12-19-9-16(21)10-20-15-7-5-14(6-8-15)17(3,4)11-18/h5-9,12-13,20H,10H2,1-4H3. The second kappa shape index (κ2) is 6.01. The largest absolute Gasteiger partial charge is 0.379 e. The molecule has 0 radical (unpaired) electrons. The average Bonchev–Trinajstić information content (AvgIpc) is 2.94. The fraction of sp³-hybridized carbons (Fsp3) is 0.412. The maximum atomic E-state index is 9.15. The van der Waals surface area contributed by atoms with Gasteiger partial charge in [0.15, 0.2) is 0 Å². The maximum Gasteiger partial charge on any atom is 0.0951 e. The number of anilines is 1. The van der Waals surface area contributed by atoms with Gasteiger partial charge in [-0.3, -0.25) is 0 Å². The lowest BCUT2D eigenvalue weighted by Gasteiger charge is -2.17. The minimum atomic E-state index is -0.450. The van der Waals surface area contributed by atoms with E-state index in [1.807, 2.05) is 50.6 Å². The Hall–Kier alpha value is -2.28. The van der Waals surface area contributed by atoms with Gasteiger partial charge in [0, 0.05) is 17.9 Å². The monoisotopic (exact) mass is 282 g/mol. The zero-order valence-corrected chi connectivity index (χ0v) is 13.1. The summed E-state index contributed by atoms with van der Waals surface area (Å²) in [5.41, 5.74) is 2.78. The van der Waals surface area contributed by atoms with E-state index in [1.54, 1.807) is 0 Å². The minimum absolute atomic E-state index is 0.406. The Kier molecular flexibility index (Phi) is 4.32. The van der Waals surface area contributed by atoms with Crippen molar-refractivity contribution in [3.63, 3.8) is 0 Å². The van der Waals surface area contributed by atoms with Crippen LogP contribution in [0.3, 0.4) is 0 Å². The molecule has 0 saturated heterocycles. The van der Waals surface area contributed by atoms with Gasteiger partial charge >= 0.3 is 0 Å². The number of aromatic nitrogens is 2. The number of hydrogen-bond donors (Lipinski definition) is 1. The van der Waals surface area contributed by atoms with Crippen molar-refractivity contribution in [2.24, 2.45) is 0 Å². The van der Waals surface area contributed by atoms with Gasteiger partial charge in [-0.05, 0) is 45.4 Å². The molecule has 1 heterocycles. The van der Waals surface area contributed by atoms with Crippen molar-refractivity contribution in [3.8, 4) is 6.07 Å². The van der Waals surface area contributed by atoms with Gasteiger partial charge in [0.1, 0.15) is 0 Å². The third-order valence-electron chi connectivity index (χ3n) is 3.66. The number of hydrogen-bond acceptors (Lipinski definition) is 3. The van der Waals surface area contributed by atoms with Gasteiger partial charge in [-0.1, -0.05) is 12.1 Å². The molecule has 1 aromatic carbocycles. The Morgan fingerprint density at radius 3 is 2.52 bits per heavy atom. The van der Waals surface area contributed by atoms with Gasteiger partial charge in [-0.15, -0.1) is 0 Å². The first-order valence-electron chi connectivity index (χ1n) is 7.20. The number of rotatable bonds is 5. The fourth-order valence-corrected chi connectivity index (χ4v) is 2.20. The molecule has 0 aliphatic carbocycles. The molecule has 0 aliphatic heterocycles. The quantitative estimate of drug-likeness (QED) is 0.905. The summed E-state index contributed by atoms with van der Waals surface area (Å²) in [7, 11) is 0. The van der Waals surface area contributed by atoms with Gasteiger partial charge in [-0.25, -0.2) is 4.98 Å². The molecule has 4 heteroatoms. The van der Waals surface area contributed by atoms with Gasteiger partial charge in [-0.2, -0.15) is 5.26 Å². The molecule has 0 spiro atoms. The van der Waals surface area contributed by atoms with Crippen LogP contribution in [0.25, 0.3) is 0 Å². The third-order valence-corrected chi connectivity index (χ3v) is 3.66. The Bertz CT molecular complexity index is 630. The van der Waals surface area contributed by atoms with Crippen molar-refractivity contribution < 1.29 is 0 Å². The summed E-state index contributed by atoms with van der Waals surface area (Å²) >= 11 is 0.